The van der Waals surface area contributed by atoms with E-state index in [9.17, 15) is 0 Å². The summed E-state index contributed by atoms with van der Waals surface area (Å²) < 4.78 is 0. The predicted molar refractivity (Wildman–Crippen MR) is 70.5 cm³/mol. The second-order valence-corrected chi connectivity index (χ2v) is 7.18. The van der Waals surface area contributed by atoms with Crippen LogP contribution in [-0.2, 0) is 0 Å². The Labute approximate surface area is 101 Å². The van der Waals surface area contributed by atoms with E-state index in [1.165, 1.54) is 51.5 Å². The highest BCUT2D eigenvalue weighted by atomic mass is 15.0. The van der Waals surface area contributed by atoms with E-state index < -0.39 is 0 Å². The second kappa shape index (κ2) is 5.08. The van der Waals surface area contributed by atoms with Gasteiger partial charge >= 0.3 is 0 Å². The Morgan fingerprint density at radius 1 is 1.12 bits per heavy atom. The van der Waals surface area contributed by atoms with Gasteiger partial charge in [0, 0.05) is 6.04 Å². The van der Waals surface area contributed by atoms with Gasteiger partial charge in [-0.05, 0) is 49.5 Å². The Morgan fingerprint density at radius 3 is 2.62 bits per heavy atom. The monoisotopic (exact) mass is 223 g/mol. The summed E-state index contributed by atoms with van der Waals surface area (Å²) in [5.41, 5.74) is 0.526. The molecule has 2 aliphatic rings. The fourth-order valence-corrected chi connectivity index (χ4v) is 3.64. The second-order valence-electron chi connectivity index (χ2n) is 7.18. The van der Waals surface area contributed by atoms with Crippen molar-refractivity contribution in [2.75, 3.05) is 6.54 Å². The van der Waals surface area contributed by atoms with Crippen LogP contribution in [0.5, 0.6) is 0 Å². The van der Waals surface area contributed by atoms with Gasteiger partial charge in [-0.15, -0.1) is 0 Å². The van der Waals surface area contributed by atoms with E-state index in [-0.39, 0.29) is 0 Å². The Bertz CT molecular complexity index is 216. The van der Waals surface area contributed by atoms with E-state index in [0.717, 1.165) is 17.9 Å². The maximum Gasteiger partial charge on any atom is 0.00985 e. The van der Waals surface area contributed by atoms with Crippen LogP contribution in [0.3, 0.4) is 0 Å². The number of rotatable bonds is 3. The van der Waals surface area contributed by atoms with Crippen LogP contribution >= 0.6 is 0 Å². The third-order valence-electron chi connectivity index (χ3n) is 4.57. The highest BCUT2D eigenvalue weighted by Crippen LogP contribution is 2.37. The van der Waals surface area contributed by atoms with Gasteiger partial charge in [-0.25, -0.2) is 0 Å². The highest BCUT2D eigenvalue weighted by Gasteiger charge is 2.36. The molecule has 1 aliphatic carbocycles. The average Bonchev–Trinajstić information content (AvgIpc) is 2.60. The molecule has 0 radical (unpaired) electrons. The molecule has 1 heterocycles. The molecular weight excluding hydrogens is 194 g/mol. The van der Waals surface area contributed by atoms with Crippen LogP contribution in [0, 0.1) is 17.3 Å². The Hall–Kier alpha value is -0.0400. The van der Waals surface area contributed by atoms with Crippen molar-refractivity contribution >= 4 is 0 Å². The first-order chi connectivity index (χ1) is 7.56. The number of hydrogen-bond donors (Lipinski definition) is 1. The van der Waals surface area contributed by atoms with Gasteiger partial charge in [0.25, 0.3) is 0 Å². The molecule has 3 atom stereocenters. The Balaban J connectivity index is 1.74. The summed E-state index contributed by atoms with van der Waals surface area (Å²) in [6, 6.07) is 0.883. The first kappa shape index (κ1) is 12.4. The van der Waals surface area contributed by atoms with Crippen molar-refractivity contribution in [3.05, 3.63) is 0 Å². The zero-order valence-electron chi connectivity index (χ0n) is 11.4. The minimum atomic E-state index is 0.526. The van der Waals surface area contributed by atoms with Crippen molar-refractivity contribution in [1.82, 2.24) is 5.32 Å². The SMILES string of the molecule is CC(C)(C)CCCC1CNC2CCCCC12. The normalized spacial score (nSPS) is 35.1. The summed E-state index contributed by atoms with van der Waals surface area (Å²) in [6.07, 6.45) is 10.2. The maximum atomic E-state index is 3.76. The first-order valence-corrected chi connectivity index (χ1v) is 7.30. The lowest BCUT2D eigenvalue weighted by molar-refractivity contribution is 0.252. The molecule has 2 fully saturated rings. The van der Waals surface area contributed by atoms with Gasteiger partial charge in [-0.1, -0.05) is 40.0 Å². The van der Waals surface area contributed by atoms with Crippen LogP contribution in [0.15, 0.2) is 0 Å². The summed E-state index contributed by atoms with van der Waals surface area (Å²) in [6.45, 7) is 8.40. The van der Waals surface area contributed by atoms with E-state index in [1.54, 1.807) is 0 Å². The minimum absolute atomic E-state index is 0.526. The van der Waals surface area contributed by atoms with Crippen molar-refractivity contribution in [2.24, 2.45) is 17.3 Å². The third kappa shape index (κ3) is 3.23. The van der Waals surface area contributed by atoms with Gasteiger partial charge in [-0.2, -0.15) is 0 Å². The standard InChI is InChI=1S/C15H29N/c1-15(2,3)10-6-7-12-11-16-14-9-5-4-8-13(12)14/h12-14,16H,4-11H2,1-3H3. The largest absolute Gasteiger partial charge is 0.313 e. The summed E-state index contributed by atoms with van der Waals surface area (Å²) >= 11 is 0. The molecule has 0 spiro atoms. The molecule has 1 N–H and O–H groups in total. The van der Waals surface area contributed by atoms with Gasteiger partial charge in [-0.3, -0.25) is 0 Å². The van der Waals surface area contributed by atoms with Crippen LogP contribution in [0.2, 0.25) is 0 Å². The van der Waals surface area contributed by atoms with E-state index >= 15 is 0 Å². The quantitative estimate of drug-likeness (QED) is 0.763. The van der Waals surface area contributed by atoms with Crippen LogP contribution < -0.4 is 5.32 Å². The Kier molecular flexibility index (Phi) is 3.94. The van der Waals surface area contributed by atoms with Crippen LogP contribution in [-0.4, -0.2) is 12.6 Å². The lowest BCUT2D eigenvalue weighted by atomic mass is 9.77. The molecule has 0 aromatic rings. The van der Waals surface area contributed by atoms with Crippen molar-refractivity contribution in [3.8, 4) is 0 Å². The summed E-state index contributed by atoms with van der Waals surface area (Å²) in [4.78, 5) is 0. The van der Waals surface area contributed by atoms with Crippen LogP contribution in [0.1, 0.15) is 65.7 Å². The fourth-order valence-electron chi connectivity index (χ4n) is 3.64. The fraction of sp³-hybridized carbons (Fsp3) is 1.00. The van der Waals surface area contributed by atoms with Crippen LogP contribution in [0.4, 0.5) is 0 Å². The summed E-state index contributed by atoms with van der Waals surface area (Å²) in [7, 11) is 0. The van der Waals surface area contributed by atoms with Crippen molar-refractivity contribution < 1.29 is 0 Å². The third-order valence-corrected chi connectivity index (χ3v) is 4.57. The van der Waals surface area contributed by atoms with Crippen LogP contribution in [0.25, 0.3) is 0 Å². The zero-order valence-corrected chi connectivity index (χ0v) is 11.4. The van der Waals surface area contributed by atoms with E-state index in [1.807, 2.05) is 0 Å². The molecule has 0 aromatic carbocycles. The van der Waals surface area contributed by atoms with Crippen molar-refractivity contribution in [1.29, 1.82) is 0 Å². The van der Waals surface area contributed by atoms with Crippen molar-refractivity contribution in [2.45, 2.75) is 71.8 Å². The lowest BCUT2D eigenvalue weighted by Gasteiger charge is -2.29. The first-order valence-electron chi connectivity index (χ1n) is 7.30. The average molecular weight is 223 g/mol. The van der Waals surface area contributed by atoms with Gasteiger partial charge in [0.15, 0.2) is 0 Å². The molecule has 1 heteroatoms. The number of fused-ring (bicyclic) bond motifs is 1. The molecular formula is C15H29N. The summed E-state index contributed by atoms with van der Waals surface area (Å²) in [5, 5.41) is 3.76. The summed E-state index contributed by atoms with van der Waals surface area (Å²) in [5.74, 6) is 2.02. The highest BCUT2D eigenvalue weighted by molar-refractivity contribution is 4.92. The lowest BCUT2D eigenvalue weighted by Crippen LogP contribution is -2.30. The molecule has 16 heavy (non-hydrogen) atoms. The number of nitrogens with one attached hydrogen (secondary N) is 1. The maximum absolute atomic E-state index is 3.76. The molecule has 3 unspecified atom stereocenters. The van der Waals surface area contributed by atoms with Gasteiger partial charge < -0.3 is 5.32 Å². The minimum Gasteiger partial charge on any atom is -0.313 e. The van der Waals surface area contributed by atoms with E-state index in [0.29, 0.717) is 5.41 Å². The van der Waals surface area contributed by atoms with Gasteiger partial charge in [0.2, 0.25) is 0 Å². The smallest absolute Gasteiger partial charge is 0.00985 e. The van der Waals surface area contributed by atoms with Gasteiger partial charge in [0.05, 0.1) is 0 Å². The van der Waals surface area contributed by atoms with Crippen molar-refractivity contribution in [3.63, 3.8) is 0 Å². The number of hydrogen-bond acceptors (Lipinski definition) is 1. The molecule has 2 rings (SSSR count). The topological polar surface area (TPSA) is 12.0 Å². The molecule has 1 aliphatic heterocycles. The van der Waals surface area contributed by atoms with E-state index in [4.69, 9.17) is 0 Å². The zero-order chi connectivity index (χ0) is 11.6. The molecule has 94 valence electrons. The molecule has 0 bridgehead atoms. The Morgan fingerprint density at radius 2 is 1.88 bits per heavy atom. The molecule has 0 aromatic heterocycles. The van der Waals surface area contributed by atoms with Gasteiger partial charge in [0.1, 0.15) is 0 Å². The molecule has 1 saturated heterocycles. The molecule has 0 amide bonds. The molecule has 1 nitrogen and oxygen atoms in total. The predicted octanol–water partition coefficient (Wildman–Crippen LogP) is 3.98. The van der Waals surface area contributed by atoms with E-state index in [2.05, 4.69) is 26.1 Å². The molecule has 1 saturated carbocycles.